The van der Waals surface area contributed by atoms with Crippen molar-refractivity contribution in [3.8, 4) is 11.3 Å². The molecule has 1 aliphatic rings. The van der Waals surface area contributed by atoms with Gasteiger partial charge in [-0.15, -0.1) is 0 Å². The van der Waals surface area contributed by atoms with Crippen LogP contribution >= 0.6 is 0 Å². The smallest absolute Gasteiger partial charge is 0.181 e. The fraction of sp³-hybridized carbons (Fsp3) is 0.231. The molecule has 98 valence electrons. The number of hydrogen-bond donors (Lipinski definition) is 2. The SMILES string of the molecule is OC(C1=NCCN1)c1ccc(F)cc1-c1cocn1. The normalized spacial score (nSPS) is 16.0. The minimum atomic E-state index is -0.921. The van der Waals surface area contributed by atoms with Crippen molar-refractivity contribution in [2.75, 3.05) is 13.1 Å². The third-order valence-electron chi connectivity index (χ3n) is 2.98. The van der Waals surface area contributed by atoms with Crippen LogP contribution in [0, 0.1) is 5.82 Å². The standard InChI is InChI=1S/C13H12FN3O2/c14-8-1-2-9(12(18)13-15-3-4-16-13)10(5-8)11-6-19-7-17-11/h1-2,5-7,12,18H,3-4H2,(H,15,16). The Labute approximate surface area is 108 Å². The molecule has 0 radical (unpaired) electrons. The van der Waals surface area contributed by atoms with Crippen molar-refractivity contribution in [3.63, 3.8) is 0 Å². The number of benzene rings is 1. The van der Waals surface area contributed by atoms with E-state index in [0.717, 1.165) is 0 Å². The number of aliphatic hydroxyl groups is 1. The average molecular weight is 261 g/mol. The maximum absolute atomic E-state index is 13.4. The van der Waals surface area contributed by atoms with Crippen LogP contribution in [0.5, 0.6) is 0 Å². The molecule has 1 aliphatic heterocycles. The zero-order chi connectivity index (χ0) is 13.2. The Morgan fingerprint density at radius 1 is 1.42 bits per heavy atom. The molecule has 0 amide bonds. The predicted molar refractivity (Wildman–Crippen MR) is 67.2 cm³/mol. The number of halogens is 1. The van der Waals surface area contributed by atoms with Gasteiger partial charge in [-0.1, -0.05) is 6.07 Å². The van der Waals surface area contributed by atoms with Crippen LogP contribution in [-0.4, -0.2) is 29.0 Å². The lowest BCUT2D eigenvalue weighted by Gasteiger charge is -2.15. The molecule has 19 heavy (non-hydrogen) atoms. The highest BCUT2D eigenvalue weighted by molar-refractivity contribution is 5.90. The number of oxazole rings is 1. The Morgan fingerprint density at radius 3 is 3.00 bits per heavy atom. The molecule has 1 unspecified atom stereocenters. The van der Waals surface area contributed by atoms with Gasteiger partial charge in [0, 0.05) is 12.1 Å². The van der Waals surface area contributed by atoms with E-state index in [1.165, 1.54) is 30.9 Å². The van der Waals surface area contributed by atoms with Crippen LogP contribution < -0.4 is 5.32 Å². The topological polar surface area (TPSA) is 70.7 Å². The molecular weight excluding hydrogens is 249 g/mol. The quantitative estimate of drug-likeness (QED) is 0.878. The molecule has 0 saturated heterocycles. The number of hydrogen-bond acceptors (Lipinski definition) is 5. The molecular formula is C13H12FN3O2. The van der Waals surface area contributed by atoms with E-state index in [9.17, 15) is 9.50 Å². The summed E-state index contributed by atoms with van der Waals surface area (Å²) in [5, 5.41) is 13.3. The average Bonchev–Trinajstić information content (AvgIpc) is 3.11. The number of aliphatic hydroxyl groups excluding tert-OH is 1. The fourth-order valence-electron chi connectivity index (χ4n) is 2.08. The van der Waals surface area contributed by atoms with Crippen molar-refractivity contribution in [2.45, 2.75) is 6.10 Å². The highest BCUT2D eigenvalue weighted by atomic mass is 19.1. The maximum Gasteiger partial charge on any atom is 0.181 e. The van der Waals surface area contributed by atoms with Crippen LogP contribution in [0.4, 0.5) is 4.39 Å². The number of nitrogens with one attached hydrogen (secondary N) is 1. The molecule has 1 aromatic heterocycles. The van der Waals surface area contributed by atoms with E-state index in [2.05, 4.69) is 15.3 Å². The monoisotopic (exact) mass is 261 g/mol. The minimum Gasteiger partial charge on any atom is -0.451 e. The van der Waals surface area contributed by atoms with Gasteiger partial charge in [-0.3, -0.25) is 4.99 Å². The molecule has 2 aromatic rings. The van der Waals surface area contributed by atoms with Crippen LogP contribution in [-0.2, 0) is 0 Å². The van der Waals surface area contributed by atoms with E-state index >= 15 is 0 Å². The second kappa shape index (κ2) is 4.81. The van der Waals surface area contributed by atoms with Crippen molar-refractivity contribution in [3.05, 3.63) is 42.2 Å². The zero-order valence-corrected chi connectivity index (χ0v) is 10.0. The van der Waals surface area contributed by atoms with E-state index < -0.39 is 11.9 Å². The summed E-state index contributed by atoms with van der Waals surface area (Å²) in [6.45, 7) is 1.33. The van der Waals surface area contributed by atoms with E-state index in [0.29, 0.717) is 35.7 Å². The van der Waals surface area contributed by atoms with E-state index in [1.54, 1.807) is 0 Å². The molecule has 0 bridgehead atoms. The van der Waals surface area contributed by atoms with Crippen molar-refractivity contribution < 1.29 is 13.9 Å². The lowest BCUT2D eigenvalue weighted by Crippen LogP contribution is -2.25. The van der Waals surface area contributed by atoms with Gasteiger partial charge in [-0.25, -0.2) is 9.37 Å². The summed E-state index contributed by atoms with van der Waals surface area (Å²) < 4.78 is 18.3. The van der Waals surface area contributed by atoms with Crippen LogP contribution in [0.3, 0.4) is 0 Å². The van der Waals surface area contributed by atoms with Crippen molar-refractivity contribution in [2.24, 2.45) is 4.99 Å². The van der Waals surface area contributed by atoms with Gasteiger partial charge in [0.25, 0.3) is 0 Å². The van der Waals surface area contributed by atoms with Gasteiger partial charge in [0.2, 0.25) is 0 Å². The third kappa shape index (κ3) is 2.22. The predicted octanol–water partition coefficient (Wildman–Crippen LogP) is 1.52. The Balaban J connectivity index is 2.05. The number of aliphatic imine (C=N–C) groups is 1. The first-order valence-electron chi connectivity index (χ1n) is 5.90. The van der Waals surface area contributed by atoms with Gasteiger partial charge in [0.15, 0.2) is 6.39 Å². The number of rotatable bonds is 3. The summed E-state index contributed by atoms with van der Waals surface area (Å²) in [4.78, 5) is 8.17. The molecule has 0 spiro atoms. The van der Waals surface area contributed by atoms with Crippen LogP contribution in [0.2, 0.25) is 0 Å². The van der Waals surface area contributed by atoms with Crippen LogP contribution in [0.25, 0.3) is 11.3 Å². The van der Waals surface area contributed by atoms with E-state index in [1.807, 2.05) is 0 Å². The molecule has 2 heterocycles. The van der Waals surface area contributed by atoms with Crippen LogP contribution in [0.1, 0.15) is 11.7 Å². The van der Waals surface area contributed by atoms with Gasteiger partial charge < -0.3 is 14.8 Å². The van der Waals surface area contributed by atoms with Crippen molar-refractivity contribution in [1.29, 1.82) is 0 Å². The van der Waals surface area contributed by atoms with Gasteiger partial charge in [-0.05, 0) is 17.7 Å². The first kappa shape index (κ1) is 11.9. The molecule has 3 rings (SSSR count). The largest absolute Gasteiger partial charge is 0.451 e. The minimum absolute atomic E-state index is 0.393. The number of nitrogens with zero attached hydrogens (tertiary/aromatic N) is 2. The first-order chi connectivity index (χ1) is 9.25. The van der Waals surface area contributed by atoms with Gasteiger partial charge in [-0.2, -0.15) is 0 Å². The first-order valence-corrected chi connectivity index (χ1v) is 5.90. The summed E-state index contributed by atoms with van der Waals surface area (Å²) in [5.74, 6) is 0.103. The van der Waals surface area contributed by atoms with E-state index in [-0.39, 0.29) is 0 Å². The Bertz CT molecular complexity index is 610. The Kier molecular flexibility index (Phi) is 3.00. The summed E-state index contributed by atoms with van der Waals surface area (Å²) in [7, 11) is 0. The Hall–Kier alpha value is -2.21. The third-order valence-corrected chi connectivity index (χ3v) is 2.98. The summed E-state index contributed by atoms with van der Waals surface area (Å²) >= 11 is 0. The molecule has 0 aliphatic carbocycles. The zero-order valence-electron chi connectivity index (χ0n) is 10.0. The highest BCUT2D eigenvalue weighted by Gasteiger charge is 2.22. The molecule has 5 nitrogen and oxygen atoms in total. The molecule has 0 fully saturated rings. The van der Waals surface area contributed by atoms with Crippen LogP contribution in [0.15, 0.2) is 40.3 Å². The summed E-state index contributed by atoms with van der Waals surface area (Å²) in [6, 6.07) is 4.16. The molecule has 0 saturated carbocycles. The van der Waals surface area contributed by atoms with Crippen molar-refractivity contribution in [1.82, 2.24) is 10.3 Å². The number of amidine groups is 1. The molecule has 2 N–H and O–H groups in total. The number of aromatic nitrogens is 1. The lowest BCUT2D eigenvalue weighted by atomic mass is 9.99. The molecule has 1 atom stereocenters. The van der Waals surface area contributed by atoms with Gasteiger partial charge >= 0.3 is 0 Å². The second-order valence-electron chi connectivity index (χ2n) is 4.20. The fourth-order valence-corrected chi connectivity index (χ4v) is 2.08. The second-order valence-corrected chi connectivity index (χ2v) is 4.20. The summed E-state index contributed by atoms with van der Waals surface area (Å²) in [5.41, 5.74) is 1.52. The molecule has 6 heteroatoms. The highest BCUT2D eigenvalue weighted by Crippen LogP contribution is 2.29. The van der Waals surface area contributed by atoms with Gasteiger partial charge in [0.05, 0.1) is 6.54 Å². The maximum atomic E-state index is 13.4. The lowest BCUT2D eigenvalue weighted by molar-refractivity contribution is 0.244. The van der Waals surface area contributed by atoms with Crippen molar-refractivity contribution >= 4 is 5.84 Å². The molecule has 1 aromatic carbocycles. The van der Waals surface area contributed by atoms with Gasteiger partial charge in [0.1, 0.15) is 29.7 Å². The Morgan fingerprint density at radius 2 is 2.32 bits per heavy atom. The summed E-state index contributed by atoms with van der Waals surface area (Å²) in [6.07, 6.45) is 1.76. The van der Waals surface area contributed by atoms with E-state index in [4.69, 9.17) is 4.42 Å².